The number of rotatable bonds is 5. The molecule has 0 saturated carbocycles. The molecule has 1 aliphatic heterocycles. The zero-order valence-corrected chi connectivity index (χ0v) is 22.9. The normalized spacial score (nSPS) is 14.3. The first-order valence-corrected chi connectivity index (χ1v) is 14.6. The van der Waals surface area contributed by atoms with E-state index in [-0.39, 0.29) is 5.92 Å². The second-order valence-corrected chi connectivity index (χ2v) is 11.7. The number of para-hydroxylation sites is 2. The van der Waals surface area contributed by atoms with Crippen molar-refractivity contribution in [3.8, 4) is 17.4 Å². The summed E-state index contributed by atoms with van der Waals surface area (Å²) in [6, 6.07) is 28.6. The van der Waals surface area contributed by atoms with E-state index in [1.807, 2.05) is 66.2 Å². The molecular formula is C30H21N7OS2. The van der Waals surface area contributed by atoms with Crippen molar-refractivity contribution in [2.45, 2.75) is 22.9 Å². The fourth-order valence-electron chi connectivity index (χ4n) is 5.25. The number of aryl methyl sites for hydroxylation is 1. The van der Waals surface area contributed by atoms with E-state index in [9.17, 15) is 0 Å². The first-order chi connectivity index (χ1) is 19.7. The van der Waals surface area contributed by atoms with Crippen molar-refractivity contribution < 1.29 is 4.74 Å². The maximum atomic E-state index is 6.51. The Morgan fingerprint density at radius 2 is 1.65 bits per heavy atom. The molecule has 1 atom stereocenters. The zero-order valence-electron chi connectivity index (χ0n) is 21.3. The minimum Gasteiger partial charge on any atom is -0.420 e. The van der Waals surface area contributed by atoms with E-state index in [4.69, 9.17) is 29.9 Å². The third kappa shape index (κ3) is 3.79. The van der Waals surface area contributed by atoms with Gasteiger partial charge in [-0.25, -0.2) is 24.1 Å². The van der Waals surface area contributed by atoms with Gasteiger partial charge in [-0.3, -0.25) is 0 Å². The number of fused-ring (bicyclic) bond motifs is 5. The summed E-state index contributed by atoms with van der Waals surface area (Å²) in [5, 5.41) is 9.67. The number of thioether (sulfide) groups is 1. The lowest BCUT2D eigenvalue weighted by atomic mass is 9.84. The van der Waals surface area contributed by atoms with E-state index >= 15 is 0 Å². The van der Waals surface area contributed by atoms with Crippen LogP contribution in [-0.4, -0.2) is 34.3 Å². The van der Waals surface area contributed by atoms with Gasteiger partial charge in [-0.2, -0.15) is 5.10 Å². The van der Waals surface area contributed by atoms with Gasteiger partial charge in [0.25, 0.3) is 0 Å². The number of nitrogens with zero attached hydrogens (tertiary/aromatic N) is 7. The van der Waals surface area contributed by atoms with Crippen LogP contribution in [0.2, 0.25) is 0 Å². The Morgan fingerprint density at radius 1 is 0.875 bits per heavy atom. The largest absolute Gasteiger partial charge is 0.420 e. The van der Waals surface area contributed by atoms with Gasteiger partial charge in [0.05, 0.1) is 44.4 Å². The van der Waals surface area contributed by atoms with Gasteiger partial charge < -0.3 is 4.74 Å². The minimum absolute atomic E-state index is 0.164. The van der Waals surface area contributed by atoms with Crippen LogP contribution in [0.4, 0.5) is 0 Å². The highest BCUT2D eigenvalue weighted by molar-refractivity contribution is 8.00. The topological polar surface area (TPSA) is 83.0 Å². The fourth-order valence-corrected chi connectivity index (χ4v) is 7.16. The maximum Gasteiger partial charge on any atom is 0.230 e. The number of thiazole rings is 1. The van der Waals surface area contributed by atoms with E-state index in [0.29, 0.717) is 23.3 Å². The van der Waals surface area contributed by atoms with Gasteiger partial charge >= 0.3 is 0 Å². The Labute approximate surface area is 237 Å². The zero-order chi connectivity index (χ0) is 26.6. The van der Waals surface area contributed by atoms with Gasteiger partial charge in [0, 0.05) is 0 Å². The average molecular weight is 560 g/mol. The molecule has 7 aromatic rings. The predicted octanol–water partition coefficient (Wildman–Crippen LogP) is 6.81. The van der Waals surface area contributed by atoms with E-state index < -0.39 is 0 Å². The molecule has 4 aromatic heterocycles. The van der Waals surface area contributed by atoms with E-state index in [0.717, 1.165) is 43.6 Å². The van der Waals surface area contributed by atoms with Crippen molar-refractivity contribution in [1.82, 2.24) is 34.3 Å². The second kappa shape index (κ2) is 9.29. The Bertz CT molecular complexity index is 1980. The van der Waals surface area contributed by atoms with Gasteiger partial charge in [0.15, 0.2) is 15.8 Å². The van der Waals surface area contributed by atoms with Crippen LogP contribution in [0.1, 0.15) is 34.1 Å². The summed E-state index contributed by atoms with van der Waals surface area (Å²) in [5.41, 5.74) is 6.59. The molecule has 0 bridgehead atoms. The summed E-state index contributed by atoms with van der Waals surface area (Å²) in [6.07, 6.45) is 1.68. The molecule has 0 spiro atoms. The number of hydrogen-bond acceptors (Lipinski definition) is 8. The quantitative estimate of drug-likeness (QED) is 0.214. The predicted molar refractivity (Wildman–Crippen MR) is 156 cm³/mol. The van der Waals surface area contributed by atoms with Crippen LogP contribution in [0.25, 0.3) is 21.6 Å². The van der Waals surface area contributed by atoms with E-state index in [1.165, 1.54) is 4.70 Å². The SMILES string of the molecule is Cc1nn(-c2ccccc2)c2c1[C@@H](c1ccccc1)c1c(ncn3nc(CSc4nc5ccccc5s4)nc13)O2. The third-order valence-electron chi connectivity index (χ3n) is 7.00. The molecule has 8 nitrogen and oxygen atoms in total. The number of hydrogen-bond donors (Lipinski definition) is 0. The number of aromatic nitrogens is 7. The molecule has 3 aromatic carbocycles. The smallest absolute Gasteiger partial charge is 0.230 e. The molecule has 0 aliphatic carbocycles. The molecule has 0 radical (unpaired) electrons. The van der Waals surface area contributed by atoms with Crippen LogP contribution in [0, 0.1) is 6.92 Å². The molecule has 0 saturated heterocycles. The molecule has 0 amide bonds. The lowest BCUT2D eigenvalue weighted by Gasteiger charge is -2.26. The monoisotopic (exact) mass is 559 g/mol. The van der Waals surface area contributed by atoms with Crippen molar-refractivity contribution in [3.63, 3.8) is 0 Å². The Morgan fingerprint density at radius 3 is 2.48 bits per heavy atom. The molecule has 0 fully saturated rings. The fraction of sp³-hybridized carbons (Fsp3) is 0.100. The molecule has 5 heterocycles. The second-order valence-electron chi connectivity index (χ2n) is 9.49. The maximum absolute atomic E-state index is 6.51. The summed E-state index contributed by atoms with van der Waals surface area (Å²) in [6.45, 7) is 2.03. The van der Waals surface area contributed by atoms with E-state index in [2.05, 4.69) is 30.3 Å². The first kappa shape index (κ1) is 23.4. The van der Waals surface area contributed by atoms with Crippen LogP contribution < -0.4 is 4.74 Å². The van der Waals surface area contributed by atoms with Crippen LogP contribution in [0.3, 0.4) is 0 Å². The van der Waals surface area contributed by atoms with Crippen molar-refractivity contribution in [2.24, 2.45) is 0 Å². The molecule has 1 aliphatic rings. The van der Waals surface area contributed by atoms with Gasteiger partial charge in [-0.15, -0.1) is 16.4 Å². The van der Waals surface area contributed by atoms with Gasteiger partial charge in [-0.1, -0.05) is 72.4 Å². The first-order valence-electron chi connectivity index (χ1n) is 12.8. The summed E-state index contributed by atoms with van der Waals surface area (Å²) in [7, 11) is 0. The van der Waals surface area contributed by atoms with Gasteiger partial charge in [-0.05, 0) is 36.8 Å². The van der Waals surface area contributed by atoms with Crippen molar-refractivity contribution in [3.05, 3.63) is 119 Å². The number of ether oxygens (including phenoxy) is 1. The van der Waals surface area contributed by atoms with Crippen LogP contribution in [0.5, 0.6) is 11.8 Å². The van der Waals surface area contributed by atoms with Gasteiger partial charge in [0.2, 0.25) is 11.8 Å². The molecule has 40 heavy (non-hydrogen) atoms. The summed E-state index contributed by atoms with van der Waals surface area (Å²) in [4.78, 5) is 14.4. The minimum atomic E-state index is -0.164. The van der Waals surface area contributed by atoms with E-state index in [1.54, 1.807) is 33.9 Å². The Kier molecular flexibility index (Phi) is 5.42. The molecule has 8 rings (SSSR count). The lowest BCUT2D eigenvalue weighted by Crippen LogP contribution is -2.16. The molecule has 10 heteroatoms. The van der Waals surface area contributed by atoms with Crippen molar-refractivity contribution >= 4 is 39.0 Å². The summed E-state index contributed by atoms with van der Waals surface area (Å²) >= 11 is 3.33. The highest BCUT2D eigenvalue weighted by Crippen LogP contribution is 2.49. The Hall–Kier alpha value is -4.54. The van der Waals surface area contributed by atoms with Crippen molar-refractivity contribution in [1.29, 1.82) is 0 Å². The average Bonchev–Trinajstić information content (AvgIpc) is 3.70. The Balaban J connectivity index is 1.24. The molecule has 0 unspecified atom stereocenters. The summed E-state index contributed by atoms with van der Waals surface area (Å²) in [5.74, 6) is 2.34. The van der Waals surface area contributed by atoms with Crippen LogP contribution in [-0.2, 0) is 5.75 Å². The molecular weight excluding hydrogens is 539 g/mol. The van der Waals surface area contributed by atoms with Crippen LogP contribution >= 0.6 is 23.1 Å². The van der Waals surface area contributed by atoms with Gasteiger partial charge in [0.1, 0.15) is 6.33 Å². The lowest BCUT2D eigenvalue weighted by molar-refractivity contribution is 0.402. The highest BCUT2D eigenvalue weighted by Gasteiger charge is 2.38. The summed E-state index contributed by atoms with van der Waals surface area (Å²) < 4.78 is 12.3. The molecule has 0 N–H and O–H groups in total. The highest BCUT2D eigenvalue weighted by atomic mass is 32.2. The molecule has 194 valence electrons. The third-order valence-corrected chi connectivity index (χ3v) is 9.17. The number of benzene rings is 3. The van der Waals surface area contributed by atoms with Crippen molar-refractivity contribution in [2.75, 3.05) is 0 Å². The standard InChI is InChI=1S/C30H21N7OS2/c1-18-24-25(19-10-4-2-5-11-19)26-27-33-23(16-39-30-32-21-14-8-9-15-22(21)40-30)35-36(27)17-31-28(26)38-29(24)37(34-18)20-12-6-3-7-13-20/h2-15,17,25H,16H2,1H3/t25-/m1/s1. The van der Waals surface area contributed by atoms with Crippen LogP contribution in [0.15, 0.2) is 95.6 Å².